The Labute approximate surface area is 183 Å². The van der Waals surface area contributed by atoms with Gasteiger partial charge in [-0.05, 0) is 67.4 Å². The van der Waals surface area contributed by atoms with E-state index in [9.17, 15) is 9.18 Å². The number of hydrogen-bond acceptors (Lipinski definition) is 4. The molecule has 0 atom stereocenters. The lowest BCUT2D eigenvalue weighted by Crippen LogP contribution is -2.12. The van der Waals surface area contributed by atoms with Crippen molar-refractivity contribution in [3.8, 4) is 22.8 Å². The van der Waals surface area contributed by atoms with Gasteiger partial charge in [0.1, 0.15) is 23.8 Å². The smallest absolute Gasteiger partial charge is 0.235 e. The van der Waals surface area contributed by atoms with Crippen LogP contribution in [0.5, 0.6) is 11.5 Å². The van der Waals surface area contributed by atoms with E-state index in [0.29, 0.717) is 22.3 Å². The lowest BCUT2D eigenvalue weighted by atomic mass is 10.0. The van der Waals surface area contributed by atoms with Gasteiger partial charge >= 0.3 is 0 Å². The molecule has 4 nitrogen and oxygen atoms in total. The second-order valence-electron chi connectivity index (χ2n) is 7.26. The highest BCUT2D eigenvalue weighted by molar-refractivity contribution is 6.31. The van der Waals surface area contributed by atoms with E-state index in [4.69, 9.17) is 25.5 Å². The largest absolute Gasteiger partial charge is 0.497 e. The molecule has 0 N–H and O–H groups in total. The Bertz CT molecular complexity index is 1310. The van der Waals surface area contributed by atoms with Crippen LogP contribution in [0.3, 0.4) is 0 Å². The maximum absolute atomic E-state index is 14.2. The van der Waals surface area contributed by atoms with E-state index < -0.39 is 5.82 Å². The van der Waals surface area contributed by atoms with Crippen molar-refractivity contribution < 1.29 is 18.3 Å². The summed E-state index contributed by atoms with van der Waals surface area (Å²) in [6.07, 6.45) is 0. The van der Waals surface area contributed by atoms with Crippen LogP contribution >= 0.6 is 11.6 Å². The van der Waals surface area contributed by atoms with Crippen molar-refractivity contribution in [3.05, 3.63) is 92.4 Å². The van der Waals surface area contributed by atoms with Crippen LogP contribution in [0.25, 0.3) is 22.3 Å². The molecule has 0 unspecified atom stereocenters. The molecule has 0 aliphatic rings. The van der Waals surface area contributed by atoms with Gasteiger partial charge in [-0.25, -0.2) is 4.39 Å². The quantitative estimate of drug-likeness (QED) is 0.359. The summed E-state index contributed by atoms with van der Waals surface area (Å²) in [5.41, 5.74) is 2.69. The molecule has 31 heavy (non-hydrogen) atoms. The SMILES string of the molecule is COc1ccc(-c2oc3cc(C)cc(C)c3c(=O)c2OCc2c(F)cccc2Cl)cc1. The Kier molecular flexibility index (Phi) is 5.70. The summed E-state index contributed by atoms with van der Waals surface area (Å²) in [6.45, 7) is 3.57. The highest BCUT2D eigenvalue weighted by Crippen LogP contribution is 2.34. The van der Waals surface area contributed by atoms with Crippen molar-refractivity contribution in [1.82, 2.24) is 0 Å². The van der Waals surface area contributed by atoms with Crippen molar-refractivity contribution in [2.24, 2.45) is 0 Å². The summed E-state index contributed by atoms with van der Waals surface area (Å²) in [5, 5.41) is 0.653. The maximum Gasteiger partial charge on any atom is 0.235 e. The van der Waals surface area contributed by atoms with E-state index in [0.717, 1.165) is 11.1 Å². The molecule has 0 bridgehead atoms. The van der Waals surface area contributed by atoms with Gasteiger partial charge in [0, 0.05) is 11.1 Å². The Hall–Kier alpha value is -3.31. The molecule has 158 valence electrons. The first-order valence-electron chi connectivity index (χ1n) is 9.67. The fourth-order valence-corrected chi connectivity index (χ4v) is 3.77. The molecular formula is C25H20ClFO4. The predicted octanol–water partition coefficient (Wildman–Crippen LogP) is 6.46. The highest BCUT2D eigenvalue weighted by Gasteiger charge is 2.20. The molecule has 0 amide bonds. The van der Waals surface area contributed by atoms with Gasteiger partial charge in [-0.2, -0.15) is 0 Å². The van der Waals surface area contributed by atoms with E-state index in [1.165, 1.54) is 12.1 Å². The second-order valence-corrected chi connectivity index (χ2v) is 7.67. The topological polar surface area (TPSA) is 48.7 Å². The van der Waals surface area contributed by atoms with Crippen molar-refractivity contribution in [2.45, 2.75) is 20.5 Å². The average molecular weight is 439 g/mol. The van der Waals surface area contributed by atoms with Crippen LogP contribution in [0.4, 0.5) is 4.39 Å². The van der Waals surface area contributed by atoms with E-state index in [1.807, 2.05) is 26.0 Å². The van der Waals surface area contributed by atoms with Crippen molar-refractivity contribution in [2.75, 3.05) is 7.11 Å². The molecule has 0 saturated heterocycles. The van der Waals surface area contributed by atoms with Crippen molar-refractivity contribution >= 4 is 22.6 Å². The molecule has 4 rings (SSSR count). The van der Waals surface area contributed by atoms with Crippen molar-refractivity contribution in [1.29, 1.82) is 0 Å². The van der Waals surface area contributed by atoms with Crippen LogP contribution in [0.15, 0.2) is 63.8 Å². The molecule has 4 aromatic rings. The third kappa shape index (κ3) is 4.01. The van der Waals surface area contributed by atoms with E-state index in [-0.39, 0.29) is 34.1 Å². The molecule has 3 aromatic carbocycles. The minimum absolute atomic E-state index is 0.00365. The molecule has 0 spiro atoms. The summed E-state index contributed by atoms with van der Waals surface area (Å²) < 4.78 is 31.5. The molecule has 0 fully saturated rings. The van der Waals surface area contributed by atoms with Gasteiger partial charge in [0.25, 0.3) is 0 Å². The Morgan fingerprint density at radius 3 is 2.48 bits per heavy atom. The number of methoxy groups -OCH3 is 1. The van der Waals surface area contributed by atoms with Gasteiger partial charge in [-0.3, -0.25) is 4.79 Å². The number of benzene rings is 3. The number of fused-ring (bicyclic) bond motifs is 1. The summed E-state index contributed by atoms with van der Waals surface area (Å²) in [4.78, 5) is 13.4. The van der Waals surface area contributed by atoms with Crippen LogP contribution in [-0.2, 0) is 6.61 Å². The number of halogens is 2. The van der Waals surface area contributed by atoms with Crippen LogP contribution < -0.4 is 14.9 Å². The van der Waals surface area contributed by atoms with Crippen LogP contribution in [0, 0.1) is 19.7 Å². The Morgan fingerprint density at radius 2 is 1.81 bits per heavy atom. The van der Waals surface area contributed by atoms with Gasteiger partial charge in [0.15, 0.2) is 5.76 Å². The predicted molar refractivity (Wildman–Crippen MR) is 120 cm³/mol. The van der Waals surface area contributed by atoms with Gasteiger partial charge < -0.3 is 13.9 Å². The minimum Gasteiger partial charge on any atom is -0.497 e. The zero-order chi connectivity index (χ0) is 22.1. The summed E-state index contributed by atoms with van der Waals surface area (Å²) >= 11 is 6.13. The van der Waals surface area contributed by atoms with E-state index >= 15 is 0 Å². The van der Waals surface area contributed by atoms with Crippen molar-refractivity contribution in [3.63, 3.8) is 0 Å². The first-order valence-corrected chi connectivity index (χ1v) is 10.0. The Balaban J connectivity index is 1.90. The maximum atomic E-state index is 14.2. The fraction of sp³-hybridized carbons (Fsp3) is 0.160. The number of hydrogen-bond donors (Lipinski definition) is 0. The molecule has 0 aliphatic carbocycles. The molecule has 0 radical (unpaired) electrons. The zero-order valence-electron chi connectivity index (χ0n) is 17.3. The standard InChI is InChI=1S/C25H20ClFO4/c1-14-11-15(2)22-21(12-14)31-24(16-7-9-17(29-3)10-8-16)25(23(22)28)30-13-18-19(26)5-4-6-20(18)27/h4-12H,13H2,1-3H3. The second kappa shape index (κ2) is 8.44. The minimum atomic E-state index is -0.504. The summed E-state index contributed by atoms with van der Waals surface area (Å²) in [7, 11) is 1.57. The molecule has 0 aliphatic heterocycles. The fourth-order valence-electron chi connectivity index (χ4n) is 3.55. The van der Waals surface area contributed by atoms with E-state index in [1.54, 1.807) is 37.4 Å². The number of rotatable bonds is 5. The van der Waals surface area contributed by atoms with Gasteiger partial charge in [-0.1, -0.05) is 23.7 Å². The molecular weight excluding hydrogens is 419 g/mol. The van der Waals surface area contributed by atoms with Gasteiger partial charge in [0.2, 0.25) is 11.2 Å². The lowest BCUT2D eigenvalue weighted by Gasteiger charge is -2.14. The number of ether oxygens (including phenoxy) is 2. The lowest BCUT2D eigenvalue weighted by molar-refractivity contribution is 0.292. The third-order valence-corrected chi connectivity index (χ3v) is 5.42. The molecule has 0 saturated carbocycles. The Morgan fingerprint density at radius 1 is 1.06 bits per heavy atom. The monoisotopic (exact) mass is 438 g/mol. The van der Waals surface area contributed by atoms with Crippen LogP contribution in [0.2, 0.25) is 5.02 Å². The summed E-state index contributed by atoms with van der Waals surface area (Å²) in [6, 6.07) is 15.2. The van der Waals surface area contributed by atoms with Gasteiger partial charge in [0.05, 0.1) is 17.5 Å². The number of aryl methyl sites for hydroxylation is 2. The van der Waals surface area contributed by atoms with E-state index in [2.05, 4.69) is 0 Å². The highest BCUT2D eigenvalue weighted by atomic mass is 35.5. The molecule has 6 heteroatoms. The van der Waals surface area contributed by atoms with Crippen LogP contribution in [-0.4, -0.2) is 7.11 Å². The molecule has 1 heterocycles. The molecule has 1 aromatic heterocycles. The summed E-state index contributed by atoms with van der Waals surface area (Å²) in [5.74, 6) is 0.427. The zero-order valence-corrected chi connectivity index (χ0v) is 18.0. The first kappa shape index (κ1) is 20.9. The normalized spacial score (nSPS) is 11.0. The third-order valence-electron chi connectivity index (χ3n) is 5.07. The first-order chi connectivity index (χ1) is 14.9. The van der Waals surface area contributed by atoms with Crippen LogP contribution in [0.1, 0.15) is 16.7 Å². The van der Waals surface area contributed by atoms with Gasteiger partial charge in [-0.15, -0.1) is 0 Å². The average Bonchev–Trinajstić information content (AvgIpc) is 2.74.